The second-order valence-electron chi connectivity index (χ2n) is 6.64. The number of benzene rings is 1. The smallest absolute Gasteiger partial charge is 0.336 e. The van der Waals surface area contributed by atoms with Gasteiger partial charge in [-0.2, -0.15) is 0 Å². The van der Waals surface area contributed by atoms with Gasteiger partial charge in [0.05, 0.1) is 6.61 Å². The van der Waals surface area contributed by atoms with Crippen molar-refractivity contribution < 1.29 is 34.0 Å². The molecular formula is C18H21NO8. The van der Waals surface area contributed by atoms with Gasteiger partial charge in [-0.15, -0.1) is 0 Å². The summed E-state index contributed by atoms with van der Waals surface area (Å²) in [6.45, 7) is 1.99. The third-order valence-corrected chi connectivity index (χ3v) is 4.56. The Balaban J connectivity index is 1.92. The van der Waals surface area contributed by atoms with Crippen molar-refractivity contribution in [3.63, 3.8) is 0 Å². The molecule has 0 spiro atoms. The maximum absolute atomic E-state index is 11.5. The molecule has 9 heteroatoms. The number of nitrogens with one attached hydrogen (secondary N) is 1. The highest BCUT2D eigenvalue weighted by molar-refractivity contribution is 5.77. The molecular weight excluding hydrogens is 358 g/mol. The van der Waals surface area contributed by atoms with E-state index < -0.39 is 48.3 Å². The van der Waals surface area contributed by atoms with Crippen LogP contribution in [0.25, 0.3) is 11.0 Å². The molecule has 4 N–H and O–H groups in total. The maximum Gasteiger partial charge on any atom is 0.336 e. The van der Waals surface area contributed by atoms with Crippen LogP contribution in [0, 0.1) is 0 Å². The predicted molar refractivity (Wildman–Crippen MR) is 93.1 cm³/mol. The van der Waals surface area contributed by atoms with Crippen molar-refractivity contribution in [1.29, 1.82) is 0 Å². The minimum absolute atomic E-state index is 0.252. The van der Waals surface area contributed by atoms with E-state index in [2.05, 4.69) is 5.32 Å². The number of fused-ring (bicyclic) bond motifs is 1. The molecule has 1 aliphatic heterocycles. The van der Waals surface area contributed by atoms with Gasteiger partial charge in [-0.05, 0) is 25.1 Å². The molecule has 2 aromatic rings. The summed E-state index contributed by atoms with van der Waals surface area (Å²) >= 11 is 0. The Morgan fingerprint density at radius 3 is 2.70 bits per heavy atom. The molecule has 0 radical (unpaired) electrons. The molecule has 3 rings (SSSR count). The van der Waals surface area contributed by atoms with Gasteiger partial charge in [0.1, 0.15) is 35.2 Å². The number of ether oxygens (including phenoxy) is 2. The van der Waals surface area contributed by atoms with E-state index in [1.165, 1.54) is 26.0 Å². The Labute approximate surface area is 154 Å². The van der Waals surface area contributed by atoms with E-state index in [0.29, 0.717) is 5.39 Å². The van der Waals surface area contributed by atoms with Gasteiger partial charge in [-0.3, -0.25) is 4.79 Å². The minimum Gasteiger partial charge on any atom is -0.462 e. The molecule has 0 unspecified atom stereocenters. The van der Waals surface area contributed by atoms with Crippen LogP contribution >= 0.6 is 0 Å². The van der Waals surface area contributed by atoms with Crippen LogP contribution in [-0.4, -0.2) is 58.0 Å². The molecule has 1 aliphatic rings. The molecule has 1 aromatic carbocycles. The molecule has 2 heterocycles. The van der Waals surface area contributed by atoms with E-state index in [0.717, 1.165) is 0 Å². The topological polar surface area (TPSA) is 138 Å². The Hall–Kier alpha value is -2.46. The molecule has 1 saturated heterocycles. The highest BCUT2D eigenvalue weighted by atomic mass is 16.7. The third kappa shape index (κ3) is 3.81. The lowest BCUT2D eigenvalue weighted by atomic mass is 9.84. The number of carbonyl (C=O) groups is 1. The fraction of sp³-hybridized carbons (Fsp3) is 0.444. The molecule has 0 aliphatic carbocycles. The monoisotopic (exact) mass is 379 g/mol. The van der Waals surface area contributed by atoms with Crippen molar-refractivity contribution in [1.82, 2.24) is 5.32 Å². The molecule has 1 aromatic heterocycles. The lowest BCUT2D eigenvalue weighted by Crippen LogP contribution is -2.70. The van der Waals surface area contributed by atoms with E-state index >= 15 is 0 Å². The van der Waals surface area contributed by atoms with Gasteiger partial charge in [0.25, 0.3) is 0 Å². The Kier molecular flexibility index (Phi) is 5.20. The van der Waals surface area contributed by atoms with Crippen molar-refractivity contribution >= 4 is 16.9 Å². The SMILES string of the molecule is CC(=O)N[C@H]1[C@H](Oc2ccc3ccc(=O)oc3c2)O[C@H](CO)[C@@](C)(O)[C@@H]1O. The molecule has 5 atom stereocenters. The maximum atomic E-state index is 11.5. The highest BCUT2D eigenvalue weighted by Crippen LogP contribution is 2.31. The van der Waals surface area contributed by atoms with Crippen LogP contribution in [0.2, 0.25) is 0 Å². The standard InChI is InChI=1S/C18H21NO8/c1-9(21)19-15-16(23)18(2,24)13(8-20)27-17(15)25-11-5-3-10-4-6-14(22)26-12(10)7-11/h3-7,13,15-17,20,23-24H,8H2,1-2H3,(H,19,21)/t13-,15-,16-,17-,18-/m1/s1. The van der Waals surface area contributed by atoms with Crippen molar-refractivity contribution in [3.8, 4) is 5.75 Å². The highest BCUT2D eigenvalue weighted by Gasteiger charge is 2.53. The number of hydrogen-bond acceptors (Lipinski definition) is 8. The van der Waals surface area contributed by atoms with Crippen LogP contribution in [0.15, 0.2) is 39.5 Å². The third-order valence-electron chi connectivity index (χ3n) is 4.56. The zero-order valence-electron chi connectivity index (χ0n) is 14.8. The van der Waals surface area contributed by atoms with Crippen LogP contribution in [0.4, 0.5) is 0 Å². The van der Waals surface area contributed by atoms with Gasteiger partial charge in [-0.1, -0.05) is 0 Å². The summed E-state index contributed by atoms with van der Waals surface area (Å²) in [5.41, 5.74) is -2.03. The lowest BCUT2D eigenvalue weighted by molar-refractivity contribution is -0.279. The molecule has 0 bridgehead atoms. The van der Waals surface area contributed by atoms with E-state index in [-0.39, 0.29) is 11.3 Å². The Morgan fingerprint density at radius 2 is 2.04 bits per heavy atom. The van der Waals surface area contributed by atoms with Crippen molar-refractivity contribution in [2.75, 3.05) is 6.61 Å². The zero-order chi connectivity index (χ0) is 19.8. The normalized spacial score (nSPS) is 30.9. The van der Waals surface area contributed by atoms with E-state index in [9.17, 15) is 24.9 Å². The van der Waals surface area contributed by atoms with E-state index in [4.69, 9.17) is 13.9 Å². The van der Waals surface area contributed by atoms with Gasteiger partial charge in [0.2, 0.25) is 12.2 Å². The van der Waals surface area contributed by atoms with Gasteiger partial charge in [0, 0.05) is 24.4 Å². The molecule has 1 amide bonds. The molecule has 0 saturated carbocycles. The fourth-order valence-corrected chi connectivity index (χ4v) is 3.05. The van der Waals surface area contributed by atoms with Crippen LogP contribution in [0.1, 0.15) is 13.8 Å². The van der Waals surface area contributed by atoms with Crippen LogP contribution in [-0.2, 0) is 9.53 Å². The second-order valence-corrected chi connectivity index (χ2v) is 6.64. The van der Waals surface area contributed by atoms with E-state index in [1.807, 2.05) is 0 Å². The number of carbonyl (C=O) groups excluding carboxylic acids is 1. The van der Waals surface area contributed by atoms with Crippen LogP contribution in [0.3, 0.4) is 0 Å². The predicted octanol–water partition coefficient (Wildman–Crippen LogP) is -0.494. The first-order valence-electron chi connectivity index (χ1n) is 8.37. The summed E-state index contributed by atoms with van der Waals surface area (Å²) in [5.74, 6) is -0.207. The second kappa shape index (κ2) is 7.28. The van der Waals surface area contributed by atoms with Crippen LogP contribution in [0.5, 0.6) is 5.75 Å². The summed E-state index contributed by atoms with van der Waals surface area (Å²) < 4.78 is 16.4. The number of hydrogen-bond donors (Lipinski definition) is 4. The number of aliphatic hydroxyl groups is 3. The van der Waals surface area contributed by atoms with Crippen molar-refractivity contribution in [3.05, 3.63) is 40.8 Å². The van der Waals surface area contributed by atoms with Crippen molar-refractivity contribution in [2.45, 2.75) is 44.0 Å². The summed E-state index contributed by atoms with van der Waals surface area (Å²) in [4.78, 5) is 22.9. The average molecular weight is 379 g/mol. The fourth-order valence-electron chi connectivity index (χ4n) is 3.05. The minimum atomic E-state index is -1.81. The largest absolute Gasteiger partial charge is 0.462 e. The Bertz CT molecular complexity index is 892. The number of amides is 1. The quantitative estimate of drug-likeness (QED) is 0.522. The van der Waals surface area contributed by atoms with Gasteiger partial charge in [-0.25, -0.2) is 4.79 Å². The van der Waals surface area contributed by atoms with Gasteiger partial charge < -0.3 is 34.5 Å². The number of aliphatic hydroxyl groups excluding tert-OH is 2. The van der Waals surface area contributed by atoms with Gasteiger partial charge >= 0.3 is 5.63 Å². The lowest BCUT2D eigenvalue weighted by Gasteiger charge is -2.47. The summed E-state index contributed by atoms with van der Waals surface area (Å²) in [7, 11) is 0. The van der Waals surface area contributed by atoms with Gasteiger partial charge in [0.15, 0.2) is 0 Å². The first-order valence-corrected chi connectivity index (χ1v) is 8.37. The molecule has 1 fully saturated rings. The first-order chi connectivity index (χ1) is 12.7. The Morgan fingerprint density at radius 1 is 1.33 bits per heavy atom. The van der Waals surface area contributed by atoms with E-state index in [1.54, 1.807) is 18.2 Å². The average Bonchev–Trinajstić information content (AvgIpc) is 2.60. The zero-order valence-corrected chi connectivity index (χ0v) is 14.8. The van der Waals surface area contributed by atoms with Crippen LogP contribution < -0.4 is 15.7 Å². The molecule has 9 nitrogen and oxygen atoms in total. The molecule has 27 heavy (non-hydrogen) atoms. The summed E-state index contributed by atoms with van der Waals surface area (Å²) in [6.07, 6.45) is -3.80. The summed E-state index contributed by atoms with van der Waals surface area (Å²) in [6, 6.07) is 6.54. The first kappa shape index (κ1) is 19.3. The molecule has 146 valence electrons. The van der Waals surface area contributed by atoms with Crippen molar-refractivity contribution in [2.24, 2.45) is 0 Å². The summed E-state index contributed by atoms with van der Waals surface area (Å²) in [5, 5.41) is 33.6. The number of rotatable bonds is 4.